The number of methoxy groups -OCH3 is 4. The van der Waals surface area contributed by atoms with Gasteiger partial charge in [-0.25, -0.2) is 0 Å². The lowest BCUT2D eigenvalue weighted by Crippen LogP contribution is -2.81. The van der Waals surface area contributed by atoms with Crippen molar-refractivity contribution in [3.05, 3.63) is 0 Å². The van der Waals surface area contributed by atoms with E-state index < -0.39 is 76.4 Å². The summed E-state index contributed by atoms with van der Waals surface area (Å²) in [5.41, 5.74) is -4.81. The molecule has 10 nitrogen and oxygen atoms in total. The van der Waals surface area contributed by atoms with Crippen LogP contribution in [0.25, 0.3) is 0 Å². The summed E-state index contributed by atoms with van der Waals surface area (Å²) in [6.45, 7) is 3.58. The zero-order valence-corrected chi connectivity index (χ0v) is 21.2. The Kier molecular flexibility index (Phi) is 5.40. The molecule has 0 aromatic carbocycles. The van der Waals surface area contributed by atoms with Gasteiger partial charge >= 0.3 is 0 Å². The Hall–Kier alpha value is -0.400. The molecule has 6 aliphatic rings. The van der Waals surface area contributed by atoms with Crippen LogP contribution in [-0.2, 0) is 18.9 Å². The van der Waals surface area contributed by atoms with E-state index in [1.165, 1.54) is 7.11 Å². The molecule has 35 heavy (non-hydrogen) atoms. The van der Waals surface area contributed by atoms with E-state index in [9.17, 15) is 25.5 Å². The standard InChI is InChI=1S/C25H41NO9/c1-6-26-9-22(10-32-2)12(27)7-13(33-3)24-11-8-23(30)19(28)14(11)25(31,20(29)21(23)35-5)15(18(24)26)16(34-4)17(22)24/h11-21,27-31H,6-10H2,1-5H3/t11-,12?,13?,14+,15?,16?,17-,18?,19?,20?,21?,22-,23-,24+,25+/m1/s1. The molecule has 0 aromatic rings. The Morgan fingerprint density at radius 1 is 0.943 bits per heavy atom. The first-order chi connectivity index (χ1) is 16.6. The summed E-state index contributed by atoms with van der Waals surface area (Å²) in [5, 5.41) is 59.3. The summed E-state index contributed by atoms with van der Waals surface area (Å²) in [4.78, 5) is 2.29. The molecule has 5 aliphatic carbocycles. The van der Waals surface area contributed by atoms with Crippen LogP contribution in [0.4, 0.5) is 0 Å². The summed E-state index contributed by atoms with van der Waals surface area (Å²) in [6.07, 6.45) is -4.95. The molecule has 1 saturated heterocycles. The highest BCUT2D eigenvalue weighted by atomic mass is 16.5. The second-order valence-corrected chi connectivity index (χ2v) is 12.1. The van der Waals surface area contributed by atoms with Gasteiger partial charge in [0.15, 0.2) is 0 Å². The third kappa shape index (κ3) is 2.35. The average Bonchev–Trinajstić information content (AvgIpc) is 3.19. The molecule has 6 rings (SSSR count). The zero-order valence-electron chi connectivity index (χ0n) is 21.2. The van der Waals surface area contributed by atoms with Gasteiger partial charge in [0, 0.05) is 76.0 Å². The molecule has 6 fully saturated rings. The smallest absolute Gasteiger partial charge is 0.120 e. The van der Waals surface area contributed by atoms with E-state index >= 15 is 0 Å². The Morgan fingerprint density at radius 2 is 1.66 bits per heavy atom. The van der Waals surface area contributed by atoms with Crippen LogP contribution in [0.15, 0.2) is 0 Å². The SMILES string of the molecule is CCN1C[C@@]2(COC)C(O)CC(OC)[C@]34C1C(C(OC)[C@H]23)[C@]1(O)C(O)C(OC)[C@@]2(O)C[C@@H]4[C@H]1C2O. The minimum absolute atomic E-state index is 0.156. The summed E-state index contributed by atoms with van der Waals surface area (Å²) in [6, 6.07) is -0.240. The summed E-state index contributed by atoms with van der Waals surface area (Å²) in [7, 11) is 6.29. The number of rotatable bonds is 6. The fourth-order valence-electron chi connectivity index (χ4n) is 11.0. The Morgan fingerprint density at radius 3 is 2.23 bits per heavy atom. The third-order valence-corrected chi connectivity index (χ3v) is 11.7. The topological polar surface area (TPSA) is 141 Å². The van der Waals surface area contributed by atoms with Gasteiger partial charge in [0.05, 0.1) is 31.0 Å². The van der Waals surface area contributed by atoms with E-state index in [1.807, 2.05) is 0 Å². The van der Waals surface area contributed by atoms with E-state index in [2.05, 4.69) is 11.8 Å². The van der Waals surface area contributed by atoms with Crippen molar-refractivity contribution >= 4 is 0 Å². The van der Waals surface area contributed by atoms with Crippen molar-refractivity contribution in [2.24, 2.45) is 34.5 Å². The number of aliphatic hydroxyl groups excluding tert-OH is 3. The molecule has 1 aliphatic heterocycles. The number of piperidine rings is 1. The Balaban J connectivity index is 1.68. The van der Waals surface area contributed by atoms with Gasteiger partial charge in [-0.2, -0.15) is 0 Å². The van der Waals surface area contributed by atoms with Crippen LogP contribution in [0.3, 0.4) is 0 Å². The van der Waals surface area contributed by atoms with Crippen molar-refractivity contribution < 1.29 is 44.5 Å². The fourth-order valence-corrected chi connectivity index (χ4v) is 11.0. The fraction of sp³-hybridized carbons (Fsp3) is 1.00. The van der Waals surface area contributed by atoms with Gasteiger partial charge in [-0.3, -0.25) is 4.90 Å². The van der Waals surface area contributed by atoms with E-state index in [1.54, 1.807) is 21.3 Å². The van der Waals surface area contributed by atoms with E-state index in [-0.39, 0.29) is 18.4 Å². The molecule has 10 heteroatoms. The van der Waals surface area contributed by atoms with Gasteiger partial charge in [-0.15, -0.1) is 0 Å². The molecule has 15 atom stereocenters. The lowest BCUT2D eigenvalue weighted by molar-refractivity contribution is -0.320. The number of hydrogen-bond acceptors (Lipinski definition) is 10. The number of aliphatic hydroxyl groups is 5. The van der Waals surface area contributed by atoms with E-state index in [0.29, 0.717) is 26.1 Å². The quantitative estimate of drug-likeness (QED) is 0.285. The maximum absolute atomic E-state index is 12.6. The van der Waals surface area contributed by atoms with Gasteiger partial charge in [0.1, 0.15) is 23.4 Å². The second kappa shape index (κ2) is 7.59. The normalized spacial score (nSPS) is 62.4. The average molecular weight is 500 g/mol. The van der Waals surface area contributed by atoms with E-state index in [0.717, 1.165) is 0 Å². The number of nitrogens with zero attached hydrogens (tertiary/aromatic N) is 1. The first-order valence-electron chi connectivity index (χ1n) is 12.9. The molecule has 0 amide bonds. The van der Waals surface area contributed by atoms with Gasteiger partial charge in [-0.05, 0) is 18.9 Å². The zero-order chi connectivity index (χ0) is 25.3. The monoisotopic (exact) mass is 499 g/mol. The molecule has 5 saturated carbocycles. The number of hydrogen-bond donors (Lipinski definition) is 5. The lowest BCUT2D eigenvalue weighted by atomic mass is 9.42. The van der Waals surface area contributed by atoms with Gasteiger partial charge in [-0.1, -0.05) is 6.92 Å². The van der Waals surface area contributed by atoms with Crippen LogP contribution in [0, 0.1) is 34.5 Å². The first kappa shape index (κ1) is 24.9. The van der Waals surface area contributed by atoms with Crippen LogP contribution in [0.5, 0.6) is 0 Å². The Labute approximate surface area is 206 Å². The molecular formula is C25H41NO9. The summed E-state index contributed by atoms with van der Waals surface area (Å²) >= 11 is 0. The summed E-state index contributed by atoms with van der Waals surface area (Å²) in [5.74, 6) is -2.04. The van der Waals surface area contributed by atoms with Gasteiger partial charge < -0.3 is 44.5 Å². The van der Waals surface area contributed by atoms with Crippen molar-refractivity contribution in [3.8, 4) is 0 Å². The molecule has 0 radical (unpaired) electrons. The molecule has 8 unspecified atom stereocenters. The largest absolute Gasteiger partial charge is 0.392 e. The van der Waals surface area contributed by atoms with Crippen molar-refractivity contribution in [3.63, 3.8) is 0 Å². The molecule has 200 valence electrons. The highest BCUT2D eigenvalue weighted by molar-refractivity contribution is 5.39. The van der Waals surface area contributed by atoms with Crippen LogP contribution in [-0.4, -0.2) is 132 Å². The number of fused-ring (bicyclic) bond motifs is 2. The molecular weight excluding hydrogens is 458 g/mol. The highest BCUT2D eigenvalue weighted by Gasteiger charge is 2.90. The molecule has 1 heterocycles. The second-order valence-electron chi connectivity index (χ2n) is 12.1. The van der Waals surface area contributed by atoms with Crippen molar-refractivity contribution in [2.45, 2.75) is 73.6 Å². The number of likely N-dealkylation sites (tertiary alicyclic amines) is 1. The van der Waals surface area contributed by atoms with Crippen molar-refractivity contribution in [1.29, 1.82) is 0 Å². The maximum Gasteiger partial charge on any atom is 0.120 e. The molecule has 5 N–H and O–H groups in total. The molecule has 0 aromatic heterocycles. The van der Waals surface area contributed by atoms with Crippen LogP contribution in [0.1, 0.15) is 19.8 Å². The predicted octanol–water partition coefficient (Wildman–Crippen LogP) is -1.79. The minimum Gasteiger partial charge on any atom is -0.392 e. The van der Waals surface area contributed by atoms with E-state index in [4.69, 9.17) is 18.9 Å². The van der Waals surface area contributed by atoms with Crippen LogP contribution >= 0.6 is 0 Å². The molecule has 7 bridgehead atoms. The Bertz CT molecular complexity index is 878. The molecule has 1 spiro atoms. The predicted molar refractivity (Wildman–Crippen MR) is 121 cm³/mol. The first-order valence-corrected chi connectivity index (χ1v) is 12.9. The van der Waals surface area contributed by atoms with Gasteiger partial charge in [0.2, 0.25) is 0 Å². The third-order valence-electron chi connectivity index (χ3n) is 11.7. The van der Waals surface area contributed by atoms with Gasteiger partial charge in [0.25, 0.3) is 0 Å². The van der Waals surface area contributed by atoms with Crippen LogP contribution < -0.4 is 0 Å². The van der Waals surface area contributed by atoms with Crippen molar-refractivity contribution in [2.75, 3.05) is 48.1 Å². The maximum atomic E-state index is 12.6. The lowest BCUT2D eigenvalue weighted by Gasteiger charge is -2.70. The summed E-state index contributed by atoms with van der Waals surface area (Å²) < 4.78 is 23.7. The van der Waals surface area contributed by atoms with Crippen molar-refractivity contribution in [1.82, 2.24) is 4.90 Å². The minimum atomic E-state index is -1.76. The highest BCUT2D eigenvalue weighted by Crippen LogP contribution is 2.79. The number of ether oxygens (including phenoxy) is 4. The van der Waals surface area contributed by atoms with Crippen LogP contribution in [0.2, 0.25) is 0 Å².